The van der Waals surface area contributed by atoms with Gasteiger partial charge in [0, 0.05) is 29.9 Å². The second-order valence-corrected chi connectivity index (χ2v) is 6.94. The maximum Gasteiger partial charge on any atom is 0.255 e. The highest BCUT2D eigenvalue weighted by Crippen LogP contribution is 2.24. The molecule has 1 heterocycles. The fraction of sp³-hybridized carbons (Fsp3) is 0.167. The molecule has 1 N–H and O–H groups in total. The molecule has 2 amide bonds. The summed E-state index contributed by atoms with van der Waals surface area (Å²) in [4.78, 5) is 26.3. The maximum atomic E-state index is 12.5. The van der Waals surface area contributed by atoms with E-state index in [4.69, 9.17) is 4.74 Å². The quantitative estimate of drug-likeness (QED) is 0.652. The monoisotopic (exact) mass is 386 g/mol. The number of amides is 2. The van der Waals surface area contributed by atoms with Gasteiger partial charge in [0.15, 0.2) is 0 Å². The standard InChI is InChI=1S/C24H22N2O3/c27-23-8-4-5-17-26(23)20-13-11-19(12-14-20)25-24(28)18-9-15-22(16-10-18)29-21-6-2-1-3-7-21/h1-3,6-7,9-16H,4-5,8,17H2,(H,25,28). The minimum atomic E-state index is -0.196. The maximum absolute atomic E-state index is 12.5. The average molecular weight is 386 g/mol. The molecule has 1 aliphatic rings. The van der Waals surface area contributed by atoms with Crippen LogP contribution in [0.3, 0.4) is 0 Å². The van der Waals surface area contributed by atoms with Crippen molar-refractivity contribution in [2.45, 2.75) is 19.3 Å². The average Bonchev–Trinajstić information content (AvgIpc) is 2.76. The fourth-order valence-corrected chi connectivity index (χ4v) is 3.31. The van der Waals surface area contributed by atoms with Crippen molar-refractivity contribution in [3.05, 3.63) is 84.4 Å². The third kappa shape index (κ3) is 4.63. The Morgan fingerprint density at radius 2 is 1.52 bits per heavy atom. The van der Waals surface area contributed by atoms with Crippen LogP contribution in [-0.4, -0.2) is 18.4 Å². The van der Waals surface area contributed by atoms with E-state index in [1.807, 2.05) is 54.6 Å². The van der Waals surface area contributed by atoms with Crippen LogP contribution in [0.4, 0.5) is 11.4 Å². The Hall–Kier alpha value is -3.60. The largest absolute Gasteiger partial charge is 0.457 e. The Morgan fingerprint density at radius 3 is 2.21 bits per heavy atom. The molecule has 0 unspecified atom stereocenters. The summed E-state index contributed by atoms with van der Waals surface area (Å²) in [5, 5.41) is 2.89. The molecule has 3 aromatic carbocycles. The van der Waals surface area contributed by atoms with E-state index in [0.29, 0.717) is 23.4 Å². The van der Waals surface area contributed by atoms with Crippen molar-refractivity contribution in [1.29, 1.82) is 0 Å². The van der Waals surface area contributed by atoms with E-state index in [-0.39, 0.29) is 11.8 Å². The Labute approximate surface area is 169 Å². The Morgan fingerprint density at radius 1 is 0.828 bits per heavy atom. The highest BCUT2D eigenvalue weighted by atomic mass is 16.5. The van der Waals surface area contributed by atoms with Gasteiger partial charge >= 0.3 is 0 Å². The van der Waals surface area contributed by atoms with Gasteiger partial charge in [-0.2, -0.15) is 0 Å². The predicted molar refractivity (Wildman–Crippen MR) is 114 cm³/mol. The van der Waals surface area contributed by atoms with Crippen molar-refractivity contribution in [1.82, 2.24) is 0 Å². The lowest BCUT2D eigenvalue weighted by Crippen LogP contribution is -2.35. The number of para-hydroxylation sites is 1. The first-order valence-electron chi connectivity index (χ1n) is 9.74. The van der Waals surface area contributed by atoms with Crippen molar-refractivity contribution >= 4 is 23.2 Å². The summed E-state index contributed by atoms with van der Waals surface area (Å²) in [6, 6.07) is 23.9. The molecule has 0 aliphatic carbocycles. The van der Waals surface area contributed by atoms with Crippen LogP contribution < -0.4 is 15.0 Å². The summed E-state index contributed by atoms with van der Waals surface area (Å²) < 4.78 is 5.75. The SMILES string of the molecule is O=C(Nc1ccc(N2CCCCC2=O)cc1)c1ccc(Oc2ccccc2)cc1. The molecule has 146 valence electrons. The zero-order valence-corrected chi connectivity index (χ0v) is 16.0. The van der Waals surface area contributed by atoms with Crippen LogP contribution in [0.15, 0.2) is 78.9 Å². The van der Waals surface area contributed by atoms with Gasteiger partial charge in [0.1, 0.15) is 11.5 Å². The molecule has 29 heavy (non-hydrogen) atoms. The highest BCUT2D eigenvalue weighted by molar-refractivity contribution is 6.04. The number of rotatable bonds is 5. The third-order valence-corrected chi connectivity index (χ3v) is 4.86. The van der Waals surface area contributed by atoms with Crippen molar-refractivity contribution in [3.8, 4) is 11.5 Å². The van der Waals surface area contributed by atoms with Crippen LogP contribution in [0, 0.1) is 0 Å². The number of hydrogen-bond donors (Lipinski definition) is 1. The molecule has 0 atom stereocenters. The summed E-state index contributed by atoms with van der Waals surface area (Å²) in [7, 11) is 0. The van der Waals surface area contributed by atoms with Crippen molar-refractivity contribution in [2.24, 2.45) is 0 Å². The van der Waals surface area contributed by atoms with E-state index >= 15 is 0 Å². The van der Waals surface area contributed by atoms with Gasteiger partial charge in [0.25, 0.3) is 5.91 Å². The summed E-state index contributed by atoms with van der Waals surface area (Å²) in [6.07, 6.45) is 2.58. The molecule has 0 radical (unpaired) electrons. The summed E-state index contributed by atoms with van der Waals surface area (Å²) in [6.45, 7) is 0.752. The number of carbonyl (C=O) groups is 2. The van der Waals surface area contributed by atoms with E-state index in [1.165, 1.54) is 0 Å². The van der Waals surface area contributed by atoms with Crippen LogP contribution in [0.25, 0.3) is 0 Å². The Bertz CT molecular complexity index is 983. The number of ether oxygens (including phenoxy) is 1. The highest BCUT2D eigenvalue weighted by Gasteiger charge is 2.19. The number of nitrogens with zero attached hydrogens (tertiary/aromatic N) is 1. The molecule has 1 fully saturated rings. The minimum absolute atomic E-state index is 0.158. The lowest BCUT2D eigenvalue weighted by atomic mass is 10.1. The van der Waals surface area contributed by atoms with E-state index in [9.17, 15) is 9.59 Å². The molecular weight excluding hydrogens is 364 g/mol. The summed E-state index contributed by atoms with van der Waals surface area (Å²) in [5.74, 6) is 1.38. The minimum Gasteiger partial charge on any atom is -0.457 e. The second kappa shape index (κ2) is 8.61. The van der Waals surface area contributed by atoms with E-state index < -0.39 is 0 Å². The van der Waals surface area contributed by atoms with Gasteiger partial charge in [-0.3, -0.25) is 9.59 Å². The summed E-state index contributed by atoms with van der Waals surface area (Å²) in [5.41, 5.74) is 2.10. The van der Waals surface area contributed by atoms with Crippen LogP contribution in [0.5, 0.6) is 11.5 Å². The smallest absolute Gasteiger partial charge is 0.255 e. The van der Waals surface area contributed by atoms with Crippen molar-refractivity contribution in [2.75, 3.05) is 16.8 Å². The fourth-order valence-electron chi connectivity index (χ4n) is 3.31. The van der Waals surface area contributed by atoms with Crippen LogP contribution in [0.2, 0.25) is 0 Å². The number of carbonyl (C=O) groups excluding carboxylic acids is 2. The molecular formula is C24H22N2O3. The third-order valence-electron chi connectivity index (χ3n) is 4.86. The molecule has 0 saturated carbocycles. The molecule has 5 nitrogen and oxygen atoms in total. The van der Waals surface area contributed by atoms with Gasteiger partial charge in [-0.25, -0.2) is 0 Å². The first kappa shape index (κ1) is 18.7. The first-order valence-corrected chi connectivity index (χ1v) is 9.74. The lowest BCUT2D eigenvalue weighted by Gasteiger charge is -2.26. The van der Waals surface area contributed by atoms with Crippen LogP contribution in [-0.2, 0) is 4.79 Å². The topological polar surface area (TPSA) is 58.6 Å². The molecule has 1 aliphatic heterocycles. The van der Waals surface area contributed by atoms with Gasteiger partial charge in [-0.1, -0.05) is 18.2 Å². The number of piperidine rings is 1. The number of anilines is 2. The lowest BCUT2D eigenvalue weighted by molar-refractivity contribution is -0.119. The zero-order valence-electron chi connectivity index (χ0n) is 16.0. The van der Waals surface area contributed by atoms with Gasteiger partial charge in [0.2, 0.25) is 5.91 Å². The molecule has 3 aromatic rings. The molecule has 1 saturated heterocycles. The number of nitrogens with one attached hydrogen (secondary N) is 1. The van der Waals surface area contributed by atoms with Gasteiger partial charge in [0.05, 0.1) is 0 Å². The number of benzene rings is 3. The second-order valence-electron chi connectivity index (χ2n) is 6.94. The van der Waals surface area contributed by atoms with Gasteiger partial charge in [-0.15, -0.1) is 0 Å². The molecule has 5 heteroatoms. The van der Waals surface area contributed by atoms with Gasteiger partial charge in [-0.05, 0) is 73.5 Å². The number of hydrogen-bond acceptors (Lipinski definition) is 3. The summed E-state index contributed by atoms with van der Waals surface area (Å²) >= 11 is 0. The predicted octanol–water partition coefficient (Wildman–Crippen LogP) is 5.25. The Balaban J connectivity index is 1.38. The first-order chi connectivity index (χ1) is 14.2. The van der Waals surface area contributed by atoms with Crippen LogP contribution in [0.1, 0.15) is 29.6 Å². The van der Waals surface area contributed by atoms with Crippen molar-refractivity contribution in [3.63, 3.8) is 0 Å². The van der Waals surface area contributed by atoms with E-state index in [0.717, 1.165) is 30.8 Å². The molecule has 0 spiro atoms. The van der Waals surface area contributed by atoms with E-state index in [1.54, 1.807) is 29.2 Å². The molecule has 0 bridgehead atoms. The zero-order chi connectivity index (χ0) is 20.1. The van der Waals surface area contributed by atoms with E-state index in [2.05, 4.69) is 5.32 Å². The van der Waals surface area contributed by atoms with Crippen molar-refractivity contribution < 1.29 is 14.3 Å². The van der Waals surface area contributed by atoms with Crippen LogP contribution >= 0.6 is 0 Å². The molecule has 4 rings (SSSR count). The molecule has 0 aromatic heterocycles. The van der Waals surface area contributed by atoms with Gasteiger partial charge < -0.3 is 15.0 Å². The normalized spacial score (nSPS) is 13.8. The Kier molecular flexibility index (Phi) is 5.56.